The lowest BCUT2D eigenvalue weighted by atomic mass is 9.93. The number of hydrogen-bond donors (Lipinski definition) is 2. The minimum absolute atomic E-state index is 0.0768. The molecular weight excluding hydrogens is 358 g/mol. The van der Waals surface area contributed by atoms with Crippen LogP contribution in [-0.4, -0.2) is 43.9 Å². The minimum atomic E-state index is -0.173. The molecule has 1 aliphatic heterocycles. The number of tetrazole rings is 1. The number of aliphatic hydroxyl groups excluding tert-OH is 1. The van der Waals surface area contributed by atoms with E-state index in [9.17, 15) is 9.90 Å². The van der Waals surface area contributed by atoms with Crippen molar-refractivity contribution in [3.05, 3.63) is 29.6 Å². The maximum absolute atomic E-state index is 11.4. The van der Waals surface area contributed by atoms with E-state index in [4.69, 9.17) is 4.74 Å². The normalized spacial score (nSPS) is 21.8. The van der Waals surface area contributed by atoms with E-state index in [0.29, 0.717) is 19.1 Å². The fourth-order valence-electron chi connectivity index (χ4n) is 3.99. The lowest BCUT2D eigenvalue weighted by Gasteiger charge is -2.25. The van der Waals surface area contributed by atoms with Crippen LogP contribution in [0, 0.1) is 0 Å². The number of nitrogens with zero attached hydrogens (tertiary/aromatic N) is 4. The molecule has 8 heteroatoms. The summed E-state index contributed by atoms with van der Waals surface area (Å²) in [4.78, 5) is 11.4. The smallest absolute Gasteiger partial charge is 0.224 e. The summed E-state index contributed by atoms with van der Waals surface area (Å²) >= 11 is 0. The molecule has 4 rings (SSSR count). The lowest BCUT2D eigenvalue weighted by molar-refractivity contribution is -0.116. The molecule has 1 saturated carbocycles. The van der Waals surface area contributed by atoms with Gasteiger partial charge in [0.2, 0.25) is 5.91 Å². The Kier molecular flexibility index (Phi) is 5.85. The standard InChI is InChI=1S/C20H27N5O3/c26-16-7-5-15(6-8-16)25-19(22-23-24-25)3-1-2-12-28-17-9-10-18-14(13-17)4-11-20(27)21-18/h9-10,13,15-16,26H,1-8,11-12H2,(H,21,27)/t15-,16-. The molecule has 0 atom stereocenters. The van der Waals surface area contributed by atoms with Crippen LogP contribution in [0.3, 0.4) is 0 Å². The van der Waals surface area contributed by atoms with Crippen LogP contribution >= 0.6 is 0 Å². The number of rotatable bonds is 7. The first-order valence-electron chi connectivity index (χ1n) is 10.2. The monoisotopic (exact) mass is 385 g/mol. The molecule has 2 aliphatic rings. The molecule has 1 aromatic carbocycles. The molecule has 0 unspecified atom stereocenters. The number of aliphatic hydroxyl groups is 1. The number of amides is 1. The van der Waals surface area contributed by atoms with Crippen molar-refractivity contribution in [1.29, 1.82) is 0 Å². The third kappa shape index (κ3) is 4.49. The number of carbonyl (C=O) groups excluding carboxylic acids is 1. The van der Waals surface area contributed by atoms with Gasteiger partial charge in [0.25, 0.3) is 0 Å². The van der Waals surface area contributed by atoms with E-state index in [1.165, 1.54) is 0 Å². The van der Waals surface area contributed by atoms with Gasteiger partial charge in [-0.05, 0) is 79.1 Å². The average molecular weight is 385 g/mol. The zero-order valence-electron chi connectivity index (χ0n) is 16.0. The number of anilines is 1. The van der Waals surface area contributed by atoms with Crippen LogP contribution < -0.4 is 10.1 Å². The van der Waals surface area contributed by atoms with Crippen molar-refractivity contribution in [2.75, 3.05) is 11.9 Å². The Morgan fingerprint density at radius 1 is 1.18 bits per heavy atom. The van der Waals surface area contributed by atoms with Crippen molar-refractivity contribution in [2.24, 2.45) is 0 Å². The number of carbonyl (C=O) groups is 1. The SMILES string of the molecule is O=C1CCc2cc(OCCCCc3nnnn3[C@H]3CC[C@H](O)CC3)ccc2N1. The molecule has 1 amide bonds. The van der Waals surface area contributed by atoms with Gasteiger partial charge < -0.3 is 15.2 Å². The van der Waals surface area contributed by atoms with Crippen molar-refractivity contribution < 1.29 is 14.6 Å². The predicted molar refractivity (Wildman–Crippen MR) is 103 cm³/mol. The van der Waals surface area contributed by atoms with Crippen LogP contribution in [0.5, 0.6) is 5.75 Å². The summed E-state index contributed by atoms with van der Waals surface area (Å²) in [6.07, 6.45) is 7.33. The Balaban J connectivity index is 1.22. The summed E-state index contributed by atoms with van der Waals surface area (Å²) in [6, 6.07) is 6.15. The summed E-state index contributed by atoms with van der Waals surface area (Å²) in [5.41, 5.74) is 2.03. The zero-order chi connectivity index (χ0) is 19.3. The number of fused-ring (bicyclic) bond motifs is 1. The van der Waals surface area contributed by atoms with Gasteiger partial charge in [-0.25, -0.2) is 4.68 Å². The Bertz CT molecular complexity index is 814. The van der Waals surface area contributed by atoms with Gasteiger partial charge in [0.15, 0.2) is 5.82 Å². The summed E-state index contributed by atoms with van der Waals surface area (Å²) in [7, 11) is 0. The van der Waals surface area contributed by atoms with Crippen LogP contribution in [0.25, 0.3) is 0 Å². The van der Waals surface area contributed by atoms with E-state index in [1.807, 2.05) is 22.9 Å². The van der Waals surface area contributed by atoms with Crippen molar-refractivity contribution in [2.45, 2.75) is 69.9 Å². The van der Waals surface area contributed by atoms with Crippen molar-refractivity contribution in [3.8, 4) is 5.75 Å². The summed E-state index contributed by atoms with van der Waals surface area (Å²) in [5, 5.41) is 24.8. The zero-order valence-corrected chi connectivity index (χ0v) is 16.0. The number of aryl methyl sites for hydroxylation is 2. The Morgan fingerprint density at radius 2 is 2.04 bits per heavy atom. The fourth-order valence-corrected chi connectivity index (χ4v) is 3.99. The van der Waals surface area contributed by atoms with Gasteiger partial charge >= 0.3 is 0 Å². The number of hydrogen-bond acceptors (Lipinski definition) is 6. The second-order valence-corrected chi connectivity index (χ2v) is 7.67. The number of unbranched alkanes of at least 4 members (excludes halogenated alkanes) is 1. The first-order chi connectivity index (χ1) is 13.7. The Labute approximate surface area is 164 Å². The lowest BCUT2D eigenvalue weighted by Crippen LogP contribution is -2.23. The first-order valence-corrected chi connectivity index (χ1v) is 10.2. The summed E-state index contributed by atoms with van der Waals surface area (Å²) < 4.78 is 7.83. The predicted octanol–water partition coefficient (Wildman–Crippen LogP) is 2.44. The van der Waals surface area contributed by atoms with Crippen molar-refractivity contribution >= 4 is 11.6 Å². The number of benzene rings is 1. The third-order valence-corrected chi connectivity index (χ3v) is 5.61. The third-order valence-electron chi connectivity index (χ3n) is 5.61. The molecule has 0 bridgehead atoms. The van der Waals surface area contributed by atoms with Gasteiger partial charge in [0.05, 0.1) is 18.8 Å². The molecule has 28 heavy (non-hydrogen) atoms. The maximum atomic E-state index is 11.4. The molecule has 1 fully saturated rings. The first kappa shape index (κ1) is 18.9. The number of aromatic nitrogens is 4. The highest BCUT2D eigenvalue weighted by molar-refractivity contribution is 5.93. The van der Waals surface area contributed by atoms with E-state index in [2.05, 4.69) is 20.8 Å². The van der Waals surface area contributed by atoms with Crippen molar-refractivity contribution in [3.63, 3.8) is 0 Å². The topological polar surface area (TPSA) is 102 Å². The molecule has 2 N–H and O–H groups in total. The molecule has 0 saturated heterocycles. The van der Waals surface area contributed by atoms with Gasteiger partial charge in [-0.3, -0.25) is 4.79 Å². The van der Waals surface area contributed by atoms with Gasteiger partial charge in [-0.1, -0.05) is 0 Å². The summed E-state index contributed by atoms with van der Waals surface area (Å²) in [6.45, 7) is 0.641. The molecule has 1 aromatic heterocycles. The average Bonchev–Trinajstić information content (AvgIpc) is 3.17. The Hall–Kier alpha value is -2.48. The molecule has 0 spiro atoms. The van der Waals surface area contributed by atoms with Gasteiger partial charge in [-0.2, -0.15) is 0 Å². The van der Waals surface area contributed by atoms with Crippen LogP contribution in [0.2, 0.25) is 0 Å². The second-order valence-electron chi connectivity index (χ2n) is 7.67. The maximum Gasteiger partial charge on any atom is 0.224 e. The second kappa shape index (κ2) is 8.68. The van der Waals surface area contributed by atoms with Crippen LogP contribution in [0.4, 0.5) is 5.69 Å². The van der Waals surface area contributed by atoms with Gasteiger partial charge in [-0.15, -0.1) is 5.10 Å². The van der Waals surface area contributed by atoms with E-state index in [0.717, 1.165) is 74.2 Å². The largest absolute Gasteiger partial charge is 0.494 e. The summed E-state index contributed by atoms with van der Waals surface area (Å²) in [5.74, 6) is 1.85. The van der Waals surface area contributed by atoms with Gasteiger partial charge in [0, 0.05) is 18.5 Å². The highest BCUT2D eigenvalue weighted by Gasteiger charge is 2.23. The Morgan fingerprint density at radius 3 is 2.89 bits per heavy atom. The molecule has 0 radical (unpaired) electrons. The van der Waals surface area contributed by atoms with E-state index < -0.39 is 0 Å². The number of nitrogens with one attached hydrogen (secondary N) is 1. The molecule has 2 aromatic rings. The van der Waals surface area contributed by atoms with Crippen molar-refractivity contribution in [1.82, 2.24) is 20.2 Å². The molecule has 8 nitrogen and oxygen atoms in total. The van der Waals surface area contributed by atoms with E-state index >= 15 is 0 Å². The molecule has 150 valence electrons. The van der Waals surface area contributed by atoms with Crippen LogP contribution in [-0.2, 0) is 17.6 Å². The van der Waals surface area contributed by atoms with Crippen LogP contribution in [0.15, 0.2) is 18.2 Å². The molecule has 2 heterocycles. The quantitative estimate of drug-likeness (QED) is 0.710. The molecule has 1 aliphatic carbocycles. The van der Waals surface area contributed by atoms with E-state index in [-0.39, 0.29) is 12.0 Å². The number of ether oxygens (including phenoxy) is 1. The highest BCUT2D eigenvalue weighted by atomic mass is 16.5. The fraction of sp³-hybridized carbons (Fsp3) is 0.600. The van der Waals surface area contributed by atoms with Crippen LogP contribution in [0.1, 0.15) is 62.4 Å². The molecular formula is C20H27N5O3. The van der Waals surface area contributed by atoms with E-state index in [1.54, 1.807) is 0 Å². The highest BCUT2D eigenvalue weighted by Crippen LogP contribution is 2.29. The minimum Gasteiger partial charge on any atom is -0.494 e. The van der Waals surface area contributed by atoms with Gasteiger partial charge in [0.1, 0.15) is 5.75 Å².